The molecule has 0 saturated heterocycles. The van der Waals surface area contributed by atoms with Gasteiger partial charge >= 0.3 is 0 Å². The Morgan fingerprint density at radius 1 is 1.19 bits per heavy atom. The molecule has 0 radical (unpaired) electrons. The summed E-state index contributed by atoms with van der Waals surface area (Å²) >= 11 is 1.63. The van der Waals surface area contributed by atoms with Gasteiger partial charge in [0.2, 0.25) is 0 Å². The summed E-state index contributed by atoms with van der Waals surface area (Å²) in [5.41, 5.74) is 4.99. The molecule has 0 atom stereocenters. The molecule has 4 aromatic rings. The summed E-state index contributed by atoms with van der Waals surface area (Å²) in [7, 11) is 1.70. The number of aromatic amines is 2. The highest BCUT2D eigenvalue weighted by molar-refractivity contribution is 7.98. The van der Waals surface area contributed by atoms with Gasteiger partial charge < -0.3 is 14.5 Å². The van der Waals surface area contributed by atoms with E-state index in [-0.39, 0.29) is 0 Å². The molecule has 0 aliphatic rings. The Bertz CT molecular complexity index is 1010. The predicted molar refractivity (Wildman–Crippen MR) is 106 cm³/mol. The standard InChI is InChI=1S/C19H21N5O2S/c1-12-17(20-5-4-18(12)26-7-3-6-25-2)11-27-19-22-15-8-13-10-21-24-14(13)9-16(15)23-19/h4-5,8-10H,3,6-7,11H2,1-2H3,(H,21,24)(H,22,23). The minimum absolute atomic E-state index is 0.636. The van der Waals surface area contributed by atoms with Crippen molar-refractivity contribution in [3.63, 3.8) is 0 Å². The molecule has 1 aromatic carbocycles. The highest BCUT2D eigenvalue weighted by Gasteiger charge is 2.10. The van der Waals surface area contributed by atoms with E-state index in [1.807, 2.05) is 25.3 Å². The maximum atomic E-state index is 5.85. The monoisotopic (exact) mass is 383 g/mol. The Hall–Kier alpha value is -2.58. The van der Waals surface area contributed by atoms with Crippen LogP contribution in [0, 0.1) is 6.92 Å². The summed E-state index contributed by atoms with van der Waals surface area (Å²) in [6.07, 6.45) is 4.47. The Kier molecular flexibility index (Phi) is 5.26. The van der Waals surface area contributed by atoms with E-state index in [2.05, 4.69) is 31.2 Å². The van der Waals surface area contributed by atoms with E-state index >= 15 is 0 Å². The maximum absolute atomic E-state index is 5.85. The van der Waals surface area contributed by atoms with Crippen LogP contribution < -0.4 is 4.74 Å². The highest BCUT2D eigenvalue weighted by Crippen LogP contribution is 2.28. The minimum atomic E-state index is 0.636. The zero-order chi connectivity index (χ0) is 18.6. The van der Waals surface area contributed by atoms with Gasteiger partial charge in [0.1, 0.15) is 5.75 Å². The lowest BCUT2D eigenvalue weighted by Gasteiger charge is -2.11. The second-order valence-electron chi connectivity index (χ2n) is 6.23. The summed E-state index contributed by atoms with van der Waals surface area (Å²) in [6.45, 7) is 3.38. The fraction of sp³-hybridized carbons (Fsp3) is 0.316. The van der Waals surface area contributed by atoms with E-state index in [0.717, 1.165) is 56.3 Å². The lowest BCUT2D eigenvalue weighted by molar-refractivity contribution is 0.172. The van der Waals surface area contributed by atoms with Gasteiger partial charge in [0, 0.05) is 43.0 Å². The number of hydrogen-bond donors (Lipinski definition) is 2. The third kappa shape index (κ3) is 3.91. The number of pyridine rings is 1. The maximum Gasteiger partial charge on any atom is 0.166 e. The number of aromatic nitrogens is 5. The fourth-order valence-electron chi connectivity index (χ4n) is 2.88. The molecule has 7 nitrogen and oxygen atoms in total. The number of thioether (sulfide) groups is 1. The van der Waals surface area contributed by atoms with Crippen LogP contribution in [0.5, 0.6) is 5.75 Å². The Morgan fingerprint density at radius 2 is 2.11 bits per heavy atom. The number of methoxy groups -OCH3 is 1. The molecule has 140 valence electrons. The first-order valence-electron chi connectivity index (χ1n) is 8.76. The van der Waals surface area contributed by atoms with Crippen LogP contribution in [-0.2, 0) is 10.5 Å². The normalized spacial score (nSPS) is 11.5. The second kappa shape index (κ2) is 7.98. The smallest absolute Gasteiger partial charge is 0.166 e. The van der Waals surface area contributed by atoms with Crippen molar-refractivity contribution < 1.29 is 9.47 Å². The number of rotatable bonds is 8. The first-order chi connectivity index (χ1) is 13.2. The number of H-pyrrole nitrogens is 2. The van der Waals surface area contributed by atoms with Crippen molar-refractivity contribution in [3.8, 4) is 5.75 Å². The van der Waals surface area contributed by atoms with E-state index in [1.165, 1.54) is 0 Å². The Morgan fingerprint density at radius 3 is 3.00 bits per heavy atom. The summed E-state index contributed by atoms with van der Waals surface area (Å²) in [6, 6.07) is 5.98. The SMILES string of the molecule is COCCCOc1ccnc(CSc2nc3cc4[nH]ncc4cc3[nH]2)c1C. The van der Waals surface area contributed by atoms with Crippen LogP contribution in [0.2, 0.25) is 0 Å². The van der Waals surface area contributed by atoms with Gasteiger partial charge in [-0.3, -0.25) is 10.1 Å². The summed E-state index contributed by atoms with van der Waals surface area (Å²) in [4.78, 5) is 12.5. The molecule has 0 fully saturated rings. The molecule has 0 unspecified atom stereocenters. The zero-order valence-electron chi connectivity index (χ0n) is 15.3. The minimum Gasteiger partial charge on any atom is -0.493 e. The van der Waals surface area contributed by atoms with Crippen molar-refractivity contribution in [2.75, 3.05) is 20.3 Å². The summed E-state index contributed by atoms with van der Waals surface area (Å²) in [5.74, 6) is 1.60. The van der Waals surface area contributed by atoms with Crippen molar-refractivity contribution in [2.45, 2.75) is 24.3 Å². The molecule has 0 saturated carbocycles. The average Bonchev–Trinajstić information content (AvgIpc) is 3.28. The van der Waals surface area contributed by atoms with E-state index in [9.17, 15) is 0 Å². The van der Waals surface area contributed by atoms with E-state index < -0.39 is 0 Å². The van der Waals surface area contributed by atoms with Crippen LogP contribution in [0.1, 0.15) is 17.7 Å². The average molecular weight is 383 g/mol. The van der Waals surface area contributed by atoms with Crippen molar-refractivity contribution in [1.29, 1.82) is 0 Å². The van der Waals surface area contributed by atoms with Crippen LogP contribution in [0.25, 0.3) is 21.9 Å². The first kappa shape index (κ1) is 17.8. The Labute approximate surface area is 160 Å². The third-order valence-electron chi connectivity index (χ3n) is 4.37. The number of hydrogen-bond acceptors (Lipinski definition) is 6. The van der Waals surface area contributed by atoms with Gasteiger partial charge in [-0.1, -0.05) is 11.8 Å². The van der Waals surface area contributed by atoms with Crippen molar-refractivity contribution in [3.05, 3.63) is 41.9 Å². The fourth-order valence-corrected chi connectivity index (χ4v) is 3.79. The van der Waals surface area contributed by atoms with E-state index in [0.29, 0.717) is 13.2 Å². The van der Waals surface area contributed by atoms with Crippen molar-refractivity contribution in [1.82, 2.24) is 25.1 Å². The van der Waals surface area contributed by atoms with Crippen LogP contribution in [-0.4, -0.2) is 45.5 Å². The number of nitrogens with one attached hydrogen (secondary N) is 2. The molecule has 3 heterocycles. The molecule has 27 heavy (non-hydrogen) atoms. The molecule has 2 N–H and O–H groups in total. The van der Waals surface area contributed by atoms with Crippen molar-refractivity contribution in [2.24, 2.45) is 0 Å². The van der Waals surface area contributed by atoms with Gasteiger partial charge in [0.05, 0.1) is 35.0 Å². The molecule has 0 spiro atoms. The van der Waals surface area contributed by atoms with Crippen LogP contribution >= 0.6 is 11.8 Å². The van der Waals surface area contributed by atoms with Crippen molar-refractivity contribution >= 4 is 33.7 Å². The quantitative estimate of drug-likeness (QED) is 0.355. The van der Waals surface area contributed by atoms with E-state index in [4.69, 9.17) is 9.47 Å². The highest BCUT2D eigenvalue weighted by atomic mass is 32.2. The van der Waals surface area contributed by atoms with Gasteiger partial charge in [-0.25, -0.2) is 4.98 Å². The predicted octanol–water partition coefficient (Wildman–Crippen LogP) is 3.85. The first-order valence-corrected chi connectivity index (χ1v) is 9.75. The number of nitrogens with zero attached hydrogens (tertiary/aromatic N) is 3. The van der Waals surface area contributed by atoms with Gasteiger partial charge in [-0.2, -0.15) is 5.10 Å². The lowest BCUT2D eigenvalue weighted by Crippen LogP contribution is -2.04. The summed E-state index contributed by atoms with van der Waals surface area (Å²) < 4.78 is 10.9. The zero-order valence-corrected chi connectivity index (χ0v) is 16.1. The van der Waals surface area contributed by atoms with Gasteiger partial charge in [-0.15, -0.1) is 0 Å². The summed E-state index contributed by atoms with van der Waals surface area (Å²) in [5, 5.41) is 8.97. The number of imidazole rings is 1. The molecule has 0 bridgehead atoms. The lowest BCUT2D eigenvalue weighted by atomic mass is 10.2. The molecular weight excluding hydrogens is 362 g/mol. The number of benzene rings is 1. The molecule has 3 aromatic heterocycles. The third-order valence-corrected chi connectivity index (χ3v) is 5.26. The van der Waals surface area contributed by atoms with Crippen LogP contribution in [0.15, 0.2) is 35.7 Å². The molecular formula is C19H21N5O2S. The molecule has 8 heteroatoms. The van der Waals surface area contributed by atoms with Gasteiger partial charge in [0.25, 0.3) is 0 Å². The second-order valence-corrected chi connectivity index (χ2v) is 7.20. The molecule has 4 rings (SSSR count). The van der Waals surface area contributed by atoms with Crippen LogP contribution in [0.3, 0.4) is 0 Å². The number of ether oxygens (including phenoxy) is 2. The largest absolute Gasteiger partial charge is 0.493 e. The van der Waals surface area contributed by atoms with Gasteiger partial charge in [-0.05, 0) is 25.1 Å². The number of fused-ring (bicyclic) bond motifs is 2. The molecule has 0 amide bonds. The van der Waals surface area contributed by atoms with E-state index in [1.54, 1.807) is 25.1 Å². The van der Waals surface area contributed by atoms with Gasteiger partial charge in [0.15, 0.2) is 5.16 Å². The molecule has 0 aliphatic heterocycles. The Balaban J connectivity index is 1.45. The van der Waals surface area contributed by atoms with Crippen LogP contribution in [0.4, 0.5) is 0 Å². The topological polar surface area (TPSA) is 88.7 Å². The molecule has 0 aliphatic carbocycles.